The fraction of sp³-hybridized carbons (Fsp3) is 0. The number of benzene rings is 9. The summed E-state index contributed by atoms with van der Waals surface area (Å²) in [4.78, 5) is 5.68. The van der Waals surface area contributed by atoms with Gasteiger partial charge in [0.25, 0.3) is 0 Å². The summed E-state index contributed by atoms with van der Waals surface area (Å²) in [5.41, 5.74) is 14.0. The van der Waals surface area contributed by atoms with E-state index in [0.29, 0.717) is 0 Å². The van der Waals surface area contributed by atoms with Gasteiger partial charge < -0.3 is 0 Å². The predicted molar refractivity (Wildman–Crippen MR) is 269 cm³/mol. The number of para-hydroxylation sites is 6. The molecule has 9 aromatic carbocycles. The first-order valence-electron chi connectivity index (χ1n) is 22.0. The third-order valence-electron chi connectivity index (χ3n) is 13.2. The van der Waals surface area contributed by atoms with E-state index in [-0.39, 0.29) is 0 Å². The first-order chi connectivity index (χ1) is 32.3. The summed E-state index contributed by atoms with van der Waals surface area (Å²) in [6, 6.07) is 77.3. The zero-order valence-electron chi connectivity index (χ0n) is 35.0. The van der Waals surface area contributed by atoms with Gasteiger partial charge in [0.2, 0.25) is 0 Å². The molecule has 5 heterocycles. The van der Waals surface area contributed by atoms with Crippen LogP contribution in [0.4, 0.5) is 0 Å². The molecule has 5 nitrogen and oxygen atoms in total. The van der Waals surface area contributed by atoms with E-state index in [0.717, 1.165) is 43.2 Å². The van der Waals surface area contributed by atoms with E-state index in [1.165, 1.54) is 76.2 Å². The molecule has 13 aromatic rings. The van der Waals surface area contributed by atoms with Gasteiger partial charge in [-0.25, -0.2) is 0 Å². The van der Waals surface area contributed by atoms with Crippen LogP contribution in [-0.4, -0.2) is 22.0 Å². The molecule has 0 unspecified atom stereocenters. The third-order valence-corrected chi connectivity index (χ3v) is 15.7. The molecule has 0 N–H and O–H groups in total. The molecule has 0 saturated carbocycles. The molecule has 0 saturated heterocycles. The molecule has 0 atom stereocenters. The number of fused-ring (bicyclic) bond motifs is 12. The Bertz CT molecular complexity index is 4100. The van der Waals surface area contributed by atoms with E-state index in [2.05, 4.69) is 241 Å². The monoisotopic (exact) mass is 942 g/mol. The van der Waals surface area contributed by atoms with Crippen molar-refractivity contribution in [1.82, 2.24) is 18.3 Å². The number of aliphatic imine (C=N–C) groups is 1. The molecular formula is C59H37IN5-. The van der Waals surface area contributed by atoms with Gasteiger partial charge in [-0.15, -0.1) is 0 Å². The zero-order valence-corrected chi connectivity index (χ0v) is 37.1. The SMILES string of the molecule is C1=C(n2c3ccccc3c3cc(-n4c5ccccc5c5ccccc54)ccc32)C=C(n2c3ccccc3c3cc(-n4c5ccccc5c5ccccc54)ccc32)N=C(c2ccccc2)[I-]1. The molecule has 0 fully saturated rings. The van der Waals surface area contributed by atoms with Crippen LogP contribution in [0.15, 0.2) is 227 Å². The Morgan fingerprint density at radius 2 is 0.662 bits per heavy atom. The standard InChI is InChI=1S/C59H37IN5/c1-2-16-38(17-3-1)59-60-37-41(64-54-28-14-8-22-46(54)48-34-39(30-32-56(48)64)62-50-24-10-4-18-42(50)43-19-5-11-25-51(43)62)36-58(61-59)65-55-29-15-9-23-47(55)49-35-40(31-33-57(49)65)63-52-26-12-6-20-44(52)45-21-7-13-27-53(45)63/h1-37H/q-1. The zero-order chi connectivity index (χ0) is 42.6. The van der Waals surface area contributed by atoms with E-state index in [4.69, 9.17) is 4.99 Å². The number of allylic oxidation sites excluding steroid dienone is 2. The van der Waals surface area contributed by atoms with Gasteiger partial charge in [0.15, 0.2) is 0 Å². The molecule has 306 valence electrons. The number of halogens is 1. The minimum atomic E-state index is -0.658. The first-order valence-corrected chi connectivity index (χ1v) is 24.3. The van der Waals surface area contributed by atoms with Crippen molar-refractivity contribution in [3.8, 4) is 11.4 Å². The average Bonchev–Trinajstić information content (AvgIpc) is 4.05. The van der Waals surface area contributed by atoms with Crippen molar-refractivity contribution in [3.05, 3.63) is 228 Å². The van der Waals surface area contributed by atoms with E-state index in [9.17, 15) is 0 Å². The quantitative estimate of drug-likeness (QED) is 0.154. The van der Waals surface area contributed by atoms with Crippen LogP contribution in [0.1, 0.15) is 5.56 Å². The van der Waals surface area contributed by atoms with E-state index in [1.807, 2.05) is 0 Å². The van der Waals surface area contributed by atoms with Crippen LogP contribution < -0.4 is 21.2 Å². The minimum absolute atomic E-state index is 0.658. The van der Waals surface area contributed by atoms with Gasteiger partial charge in [-0.1, -0.05) is 12.1 Å². The molecule has 0 bridgehead atoms. The molecule has 0 radical (unpaired) electrons. The first kappa shape index (κ1) is 36.5. The topological polar surface area (TPSA) is 32.1 Å². The van der Waals surface area contributed by atoms with Crippen molar-refractivity contribution in [3.63, 3.8) is 0 Å². The van der Waals surface area contributed by atoms with E-state index < -0.39 is 21.2 Å². The molecule has 4 aromatic heterocycles. The second-order valence-corrected chi connectivity index (χ2v) is 19.0. The molecule has 0 amide bonds. The molecule has 1 aliphatic rings. The van der Waals surface area contributed by atoms with Gasteiger partial charge in [-0.05, 0) is 0 Å². The number of rotatable bonds is 5. The van der Waals surface area contributed by atoms with Crippen LogP contribution in [0.3, 0.4) is 0 Å². The van der Waals surface area contributed by atoms with Gasteiger partial charge in [0.05, 0.1) is 0 Å². The number of nitrogens with zero attached hydrogens (tertiary/aromatic N) is 5. The number of aromatic nitrogens is 4. The van der Waals surface area contributed by atoms with Crippen LogP contribution in [-0.2, 0) is 0 Å². The van der Waals surface area contributed by atoms with E-state index >= 15 is 0 Å². The molecule has 6 heteroatoms. The molecule has 1 aliphatic heterocycles. The van der Waals surface area contributed by atoms with Crippen molar-refractivity contribution in [2.24, 2.45) is 4.99 Å². The summed E-state index contributed by atoms with van der Waals surface area (Å²) in [6.07, 6.45) is 2.33. The molecule has 0 spiro atoms. The fourth-order valence-corrected chi connectivity index (χ4v) is 12.7. The Morgan fingerprint density at radius 1 is 0.308 bits per heavy atom. The summed E-state index contributed by atoms with van der Waals surface area (Å²) < 4.78 is 13.3. The summed E-state index contributed by atoms with van der Waals surface area (Å²) in [5.74, 6) is 0.899. The van der Waals surface area contributed by atoms with Crippen LogP contribution >= 0.6 is 0 Å². The summed E-state index contributed by atoms with van der Waals surface area (Å²) in [6.45, 7) is 0. The Balaban J connectivity index is 0.996. The fourth-order valence-electron chi connectivity index (χ4n) is 10.5. The summed E-state index contributed by atoms with van der Waals surface area (Å²) >= 11 is -0.658. The van der Waals surface area contributed by atoms with Crippen molar-refractivity contribution in [2.45, 2.75) is 0 Å². The van der Waals surface area contributed by atoms with E-state index in [1.54, 1.807) is 0 Å². The molecule has 65 heavy (non-hydrogen) atoms. The van der Waals surface area contributed by atoms with Crippen LogP contribution in [0.25, 0.3) is 110 Å². The Hall–Kier alpha value is -7.94. The van der Waals surface area contributed by atoms with Gasteiger partial charge >= 0.3 is 374 Å². The second kappa shape index (κ2) is 14.3. The van der Waals surface area contributed by atoms with Gasteiger partial charge in [0.1, 0.15) is 0 Å². The van der Waals surface area contributed by atoms with Crippen LogP contribution in [0, 0.1) is 0 Å². The second-order valence-electron chi connectivity index (χ2n) is 16.8. The number of hydrogen-bond donors (Lipinski definition) is 0. The average molecular weight is 943 g/mol. The normalized spacial score (nSPS) is 13.6. The van der Waals surface area contributed by atoms with Crippen molar-refractivity contribution in [2.75, 3.05) is 0 Å². The Morgan fingerprint density at radius 3 is 1.12 bits per heavy atom. The molecule has 14 rings (SSSR count). The van der Waals surface area contributed by atoms with Gasteiger partial charge in [-0.2, -0.15) is 0 Å². The molecule has 0 aliphatic carbocycles. The summed E-state index contributed by atoms with van der Waals surface area (Å²) in [5, 5.41) is 9.87. The third kappa shape index (κ3) is 5.47. The maximum absolute atomic E-state index is 5.68. The van der Waals surface area contributed by atoms with Crippen molar-refractivity contribution < 1.29 is 21.2 Å². The predicted octanol–water partition coefficient (Wildman–Crippen LogP) is 11.9. The molecular weight excluding hydrogens is 906 g/mol. The van der Waals surface area contributed by atoms with Gasteiger partial charge in [0, 0.05) is 0 Å². The van der Waals surface area contributed by atoms with Crippen molar-refractivity contribution >= 4 is 102 Å². The van der Waals surface area contributed by atoms with Crippen molar-refractivity contribution in [1.29, 1.82) is 0 Å². The maximum atomic E-state index is 5.68. The Kier molecular flexibility index (Phi) is 8.03. The van der Waals surface area contributed by atoms with Crippen LogP contribution in [0.2, 0.25) is 0 Å². The van der Waals surface area contributed by atoms with Crippen LogP contribution in [0.5, 0.6) is 0 Å². The van der Waals surface area contributed by atoms with Gasteiger partial charge in [-0.3, -0.25) is 0 Å². The Labute approximate surface area is 384 Å². The number of hydrogen-bond acceptors (Lipinski definition) is 1. The summed E-state index contributed by atoms with van der Waals surface area (Å²) in [7, 11) is 0.